The Hall–Kier alpha value is -1.42. The lowest BCUT2D eigenvalue weighted by atomic mass is 9.96. The van der Waals surface area contributed by atoms with Crippen LogP contribution in [0.5, 0.6) is 11.5 Å². The van der Waals surface area contributed by atoms with Gasteiger partial charge in [0.1, 0.15) is 0 Å². The largest absolute Gasteiger partial charge is 0.493 e. The summed E-state index contributed by atoms with van der Waals surface area (Å²) in [6.45, 7) is 4.30. The van der Waals surface area contributed by atoms with Crippen molar-refractivity contribution in [2.75, 3.05) is 32.2 Å². The van der Waals surface area contributed by atoms with Crippen molar-refractivity contribution in [1.82, 2.24) is 0 Å². The number of nitrogens with zero attached hydrogens (tertiary/aromatic N) is 1. The molecule has 4 nitrogen and oxygen atoms in total. The van der Waals surface area contributed by atoms with Gasteiger partial charge < -0.3 is 20.1 Å². The van der Waals surface area contributed by atoms with Crippen molar-refractivity contribution < 1.29 is 9.47 Å². The third-order valence-corrected chi connectivity index (χ3v) is 4.18. The fraction of sp³-hybridized carbons (Fsp3) is 0.625. The highest BCUT2D eigenvalue weighted by atomic mass is 16.5. The normalized spacial score (nSPS) is 20.0. The average Bonchev–Trinajstić information content (AvgIpc) is 2.96. The molecule has 0 aliphatic carbocycles. The van der Waals surface area contributed by atoms with Crippen LogP contribution in [-0.4, -0.2) is 33.4 Å². The minimum atomic E-state index is 0.324. The Morgan fingerprint density at radius 3 is 2.70 bits per heavy atom. The summed E-state index contributed by atoms with van der Waals surface area (Å²) in [7, 11) is 3.33. The van der Waals surface area contributed by atoms with Crippen molar-refractivity contribution >= 4 is 5.69 Å². The minimum absolute atomic E-state index is 0.324. The molecule has 1 aliphatic heterocycles. The molecule has 1 aromatic carbocycles. The lowest BCUT2D eigenvalue weighted by Gasteiger charge is -2.22. The number of hydrogen-bond donors (Lipinski definition) is 1. The molecule has 112 valence electrons. The zero-order valence-corrected chi connectivity index (χ0v) is 12.8. The zero-order valence-electron chi connectivity index (χ0n) is 12.8. The number of nitrogens with two attached hydrogens (primary N) is 1. The molecule has 0 aromatic heterocycles. The third-order valence-electron chi connectivity index (χ3n) is 4.18. The van der Waals surface area contributed by atoms with E-state index in [1.807, 2.05) is 12.1 Å². The van der Waals surface area contributed by atoms with Gasteiger partial charge in [0.05, 0.1) is 14.2 Å². The Morgan fingerprint density at radius 2 is 2.05 bits per heavy atom. The van der Waals surface area contributed by atoms with E-state index in [1.165, 1.54) is 12.1 Å². The van der Waals surface area contributed by atoms with Gasteiger partial charge in [0.2, 0.25) is 0 Å². The maximum atomic E-state index is 6.26. The van der Waals surface area contributed by atoms with Gasteiger partial charge in [-0.15, -0.1) is 0 Å². The summed E-state index contributed by atoms with van der Waals surface area (Å²) in [4.78, 5) is 2.39. The van der Waals surface area contributed by atoms with Crippen LogP contribution in [0.1, 0.15) is 26.2 Å². The van der Waals surface area contributed by atoms with Crippen LogP contribution in [0.25, 0.3) is 0 Å². The van der Waals surface area contributed by atoms with Crippen LogP contribution in [0.3, 0.4) is 0 Å². The van der Waals surface area contributed by atoms with Gasteiger partial charge >= 0.3 is 0 Å². The first-order chi connectivity index (χ1) is 9.69. The fourth-order valence-corrected chi connectivity index (χ4v) is 2.96. The predicted octanol–water partition coefficient (Wildman–Crippen LogP) is 2.66. The maximum Gasteiger partial charge on any atom is 0.162 e. The van der Waals surface area contributed by atoms with Crippen molar-refractivity contribution in [3.05, 3.63) is 18.2 Å². The average molecular weight is 278 g/mol. The van der Waals surface area contributed by atoms with Gasteiger partial charge in [-0.3, -0.25) is 0 Å². The standard InChI is InChI=1S/C16H26N2O2/c1-4-5-14(17)12-8-9-18(11-12)13-6-7-15(19-2)16(10-13)20-3/h6-7,10,12,14H,4-5,8-9,11,17H2,1-3H3. The van der Waals surface area contributed by atoms with E-state index >= 15 is 0 Å². The molecule has 2 N–H and O–H groups in total. The third kappa shape index (κ3) is 3.18. The molecule has 1 aliphatic rings. The molecule has 0 bridgehead atoms. The maximum absolute atomic E-state index is 6.26. The molecule has 1 heterocycles. The Labute approximate surface area is 121 Å². The SMILES string of the molecule is CCCC(N)C1CCN(c2ccc(OC)c(OC)c2)C1. The van der Waals surface area contributed by atoms with Crippen LogP contribution in [-0.2, 0) is 0 Å². The van der Waals surface area contributed by atoms with Crippen LogP contribution in [0.15, 0.2) is 18.2 Å². The van der Waals surface area contributed by atoms with Crippen molar-refractivity contribution in [3.8, 4) is 11.5 Å². The van der Waals surface area contributed by atoms with Crippen LogP contribution < -0.4 is 20.1 Å². The van der Waals surface area contributed by atoms with E-state index in [-0.39, 0.29) is 0 Å². The van der Waals surface area contributed by atoms with E-state index < -0.39 is 0 Å². The van der Waals surface area contributed by atoms with E-state index in [1.54, 1.807) is 14.2 Å². The van der Waals surface area contributed by atoms with Crippen molar-refractivity contribution in [2.45, 2.75) is 32.2 Å². The number of methoxy groups -OCH3 is 2. The number of benzene rings is 1. The van der Waals surface area contributed by atoms with E-state index in [0.29, 0.717) is 12.0 Å². The second-order valence-electron chi connectivity index (χ2n) is 5.49. The summed E-state index contributed by atoms with van der Waals surface area (Å²) in [5, 5.41) is 0. The monoisotopic (exact) mass is 278 g/mol. The molecule has 2 unspecified atom stereocenters. The van der Waals surface area contributed by atoms with Gasteiger partial charge in [-0.2, -0.15) is 0 Å². The highest BCUT2D eigenvalue weighted by molar-refractivity contribution is 5.57. The number of hydrogen-bond acceptors (Lipinski definition) is 4. The molecule has 0 saturated carbocycles. The first kappa shape index (κ1) is 15.0. The van der Waals surface area contributed by atoms with Gasteiger partial charge in [0.15, 0.2) is 11.5 Å². The summed E-state index contributed by atoms with van der Waals surface area (Å²) in [5.74, 6) is 2.16. The lowest BCUT2D eigenvalue weighted by molar-refractivity contribution is 0.355. The van der Waals surface area contributed by atoms with Crippen molar-refractivity contribution in [3.63, 3.8) is 0 Å². The molecule has 0 amide bonds. The molecule has 1 fully saturated rings. The van der Waals surface area contributed by atoms with Gasteiger partial charge in [-0.1, -0.05) is 13.3 Å². The van der Waals surface area contributed by atoms with Gasteiger partial charge in [-0.05, 0) is 30.9 Å². The Bertz CT molecular complexity index is 436. The summed E-state index contributed by atoms with van der Waals surface area (Å²) < 4.78 is 10.7. The summed E-state index contributed by atoms with van der Waals surface area (Å²) >= 11 is 0. The molecular weight excluding hydrogens is 252 g/mol. The minimum Gasteiger partial charge on any atom is -0.493 e. The smallest absolute Gasteiger partial charge is 0.162 e. The van der Waals surface area contributed by atoms with Gasteiger partial charge in [0, 0.05) is 30.9 Å². The Balaban J connectivity index is 2.06. The second kappa shape index (κ2) is 6.84. The molecular formula is C16H26N2O2. The first-order valence-electron chi connectivity index (χ1n) is 7.42. The van der Waals surface area contributed by atoms with E-state index in [2.05, 4.69) is 17.9 Å². The molecule has 2 rings (SSSR count). The quantitative estimate of drug-likeness (QED) is 0.869. The first-order valence-corrected chi connectivity index (χ1v) is 7.42. The zero-order chi connectivity index (χ0) is 14.5. The van der Waals surface area contributed by atoms with E-state index in [9.17, 15) is 0 Å². The molecule has 1 saturated heterocycles. The summed E-state index contributed by atoms with van der Waals surface area (Å²) in [5.41, 5.74) is 7.45. The van der Waals surface area contributed by atoms with Crippen molar-refractivity contribution in [1.29, 1.82) is 0 Å². The van der Waals surface area contributed by atoms with E-state index in [0.717, 1.165) is 37.4 Å². The molecule has 2 atom stereocenters. The van der Waals surface area contributed by atoms with Crippen LogP contribution >= 0.6 is 0 Å². The Morgan fingerprint density at radius 1 is 1.30 bits per heavy atom. The van der Waals surface area contributed by atoms with Crippen LogP contribution in [0, 0.1) is 5.92 Å². The number of anilines is 1. The van der Waals surface area contributed by atoms with Crippen LogP contribution in [0.4, 0.5) is 5.69 Å². The highest BCUT2D eigenvalue weighted by Crippen LogP contribution is 2.34. The summed E-state index contributed by atoms with van der Waals surface area (Å²) in [6, 6.07) is 6.43. The van der Waals surface area contributed by atoms with Gasteiger partial charge in [0.25, 0.3) is 0 Å². The highest BCUT2D eigenvalue weighted by Gasteiger charge is 2.27. The number of ether oxygens (including phenoxy) is 2. The van der Waals surface area contributed by atoms with Crippen LogP contribution in [0.2, 0.25) is 0 Å². The summed E-state index contributed by atoms with van der Waals surface area (Å²) in [6.07, 6.45) is 3.45. The molecule has 20 heavy (non-hydrogen) atoms. The predicted molar refractivity (Wildman–Crippen MR) is 82.7 cm³/mol. The Kier molecular flexibility index (Phi) is 5.12. The fourth-order valence-electron chi connectivity index (χ4n) is 2.96. The molecule has 0 spiro atoms. The van der Waals surface area contributed by atoms with Gasteiger partial charge in [-0.25, -0.2) is 0 Å². The molecule has 1 aromatic rings. The number of rotatable bonds is 6. The topological polar surface area (TPSA) is 47.7 Å². The molecule has 4 heteroatoms. The lowest BCUT2D eigenvalue weighted by Crippen LogP contribution is -2.32. The van der Waals surface area contributed by atoms with E-state index in [4.69, 9.17) is 15.2 Å². The molecule has 0 radical (unpaired) electrons. The second-order valence-corrected chi connectivity index (χ2v) is 5.49. The van der Waals surface area contributed by atoms with Crippen molar-refractivity contribution in [2.24, 2.45) is 11.7 Å².